The lowest BCUT2D eigenvalue weighted by atomic mass is 9.99. The van der Waals surface area contributed by atoms with Crippen molar-refractivity contribution in [2.75, 3.05) is 0 Å². The molecular formula is C49H30N4. The van der Waals surface area contributed by atoms with E-state index in [1.807, 2.05) is 12.1 Å². The zero-order chi connectivity index (χ0) is 35.0. The summed E-state index contributed by atoms with van der Waals surface area (Å²) in [5.41, 5.74) is 12.8. The Bertz CT molecular complexity index is 3200. The molecule has 0 saturated heterocycles. The van der Waals surface area contributed by atoms with Gasteiger partial charge < -0.3 is 13.7 Å². The second kappa shape index (κ2) is 11.3. The molecule has 0 fully saturated rings. The molecule has 4 heteroatoms. The normalized spacial score (nSPS) is 11.8. The maximum absolute atomic E-state index is 10.1. The Balaban J connectivity index is 1.18. The van der Waals surface area contributed by atoms with Gasteiger partial charge in [-0.05, 0) is 66.7 Å². The van der Waals surface area contributed by atoms with Crippen LogP contribution in [0.15, 0.2) is 182 Å². The molecule has 0 bridgehead atoms. The van der Waals surface area contributed by atoms with E-state index in [0.29, 0.717) is 5.56 Å². The second-order valence-corrected chi connectivity index (χ2v) is 13.7. The van der Waals surface area contributed by atoms with E-state index in [0.717, 1.165) is 50.3 Å². The highest BCUT2D eigenvalue weighted by atomic mass is 15.0. The van der Waals surface area contributed by atoms with Gasteiger partial charge in [-0.1, -0.05) is 115 Å². The number of nitriles is 1. The van der Waals surface area contributed by atoms with Crippen LogP contribution in [0, 0.1) is 11.3 Å². The van der Waals surface area contributed by atoms with Crippen LogP contribution in [0.1, 0.15) is 5.56 Å². The maximum atomic E-state index is 10.1. The van der Waals surface area contributed by atoms with Gasteiger partial charge in [0.1, 0.15) is 0 Å². The molecule has 0 amide bonds. The van der Waals surface area contributed by atoms with Gasteiger partial charge in [0.2, 0.25) is 0 Å². The smallest absolute Gasteiger partial charge is 0.0992 e. The lowest BCUT2D eigenvalue weighted by Crippen LogP contribution is -2.02. The molecule has 0 radical (unpaired) electrons. The fraction of sp³-hybridized carbons (Fsp3) is 0. The van der Waals surface area contributed by atoms with E-state index >= 15 is 0 Å². The van der Waals surface area contributed by atoms with Crippen molar-refractivity contribution in [1.82, 2.24) is 13.7 Å². The molecular weight excluding hydrogens is 645 g/mol. The van der Waals surface area contributed by atoms with Gasteiger partial charge in [0, 0.05) is 49.1 Å². The van der Waals surface area contributed by atoms with E-state index in [2.05, 4.69) is 190 Å². The molecule has 0 aliphatic heterocycles. The second-order valence-electron chi connectivity index (χ2n) is 13.7. The van der Waals surface area contributed by atoms with Crippen molar-refractivity contribution in [3.05, 3.63) is 188 Å². The highest BCUT2D eigenvalue weighted by Crippen LogP contribution is 2.42. The van der Waals surface area contributed by atoms with Gasteiger partial charge in [0.25, 0.3) is 0 Å². The summed E-state index contributed by atoms with van der Waals surface area (Å²) in [6.45, 7) is 0. The van der Waals surface area contributed by atoms with Crippen LogP contribution >= 0.6 is 0 Å². The highest BCUT2D eigenvalue weighted by Gasteiger charge is 2.21. The first-order chi connectivity index (χ1) is 26.3. The predicted octanol–water partition coefficient (Wildman–Crippen LogP) is 12.5. The fourth-order valence-corrected chi connectivity index (χ4v) is 8.65. The zero-order valence-corrected chi connectivity index (χ0v) is 28.6. The minimum absolute atomic E-state index is 0.623. The number of hydrogen-bond donors (Lipinski definition) is 0. The van der Waals surface area contributed by atoms with Crippen molar-refractivity contribution in [2.24, 2.45) is 0 Å². The van der Waals surface area contributed by atoms with Crippen LogP contribution in [0.4, 0.5) is 0 Å². The third-order valence-electron chi connectivity index (χ3n) is 10.9. The Labute approximate surface area is 305 Å². The van der Waals surface area contributed by atoms with E-state index < -0.39 is 0 Å². The lowest BCUT2D eigenvalue weighted by Gasteiger charge is -2.19. The van der Waals surface area contributed by atoms with Crippen LogP contribution in [0.5, 0.6) is 0 Å². The van der Waals surface area contributed by atoms with E-state index in [9.17, 15) is 5.26 Å². The molecule has 11 rings (SSSR count). The Morgan fingerprint density at radius 2 is 0.736 bits per heavy atom. The number of benzene rings is 8. The first kappa shape index (κ1) is 29.4. The monoisotopic (exact) mass is 674 g/mol. The third-order valence-corrected chi connectivity index (χ3v) is 10.9. The maximum Gasteiger partial charge on any atom is 0.0992 e. The molecule has 4 nitrogen and oxygen atoms in total. The Morgan fingerprint density at radius 1 is 0.321 bits per heavy atom. The van der Waals surface area contributed by atoms with Gasteiger partial charge in [0.05, 0.1) is 56.1 Å². The van der Waals surface area contributed by atoms with Crippen LogP contribution in [-0.2, 0) is 0 Å². The molecule has 0 aliphatic rings. The molecule has 3 heterocycles. The van der Waals surface area contributed by atoms with E-state index in [1.54, 1.807) is 0 Å². The highest BCUT2D eigenvalue weighted by molar-refractivity contribution is 6.13. The van der Waals surface area contributed by atoms with E-state index in [4.69, 9.17) is 0 Å². The van der Waals surface area contributed by atoms with Crippen molar-refractivity contribution in [3.8, 4) is 34.3 Å². The van der Waals surface area contributed by atoms with Crippen LogP contribution in [0.3, 0.4) is 0 Å². The molecule has 3 aromatic heterocycles. The topological polar surface area (TPSA) is 38.6 Å². The van der Waals surface area contributed by atoms with Crippen molar-refractivity contribution in [3.63, 3.8) is 0 Å². The average Bonchev–Trinajstić information content (AvgIpc) is 3.86. The first-order valence-corrected chi connectivity index (χ1v) is 17.9. The summed E-state index contributed by atoms with van der Waals surface area (Å²) in [7, 11) is 0. The van der Waals surface area contributed by atoms with Gasteiger partial charge >= 0.3 is 0 Å². The molecule has 53 heavy (non-hydrogen) atoms. The van der Waals surface area contributed by atoms with Gasteiger partial charge in [-0.15, -0.1) is 0 Å². The Kier molecular flexibility index (Phi) is 6.28. The van der Waals surface area contributed by atoms with Crippen molar-refractivity contribution < 1.29 is 0 Å². The Hall–Kier alpha value is -7.35. The minimum Gasteiger partial charge on any atom is -0.309 e. The number of hydrogen-bond acceptors (Lipinski definition) is 1. The number of fused-ring (bicyclic) bond motifs is 9. The molecule has 0 spiro atoms. The third kappa shape index (κ3) is 4.22. The zero-order valence-electron chi connectivity index (χ0n) is 28.6. The quantitative estimate of drug-likeness (QED) is 0.183. The summed E-state index contributed by atoms with van der Waals surface area (Å²) in [6, 6.07) is 67.2. The summed E-state index contributed by atoms with van der Waals surface area (Å²) in [4.78, 5) is 0. The van der Waals surface area contributed by atoms with Crippen molar-refractivity contribution in [1.29, 1.82) is 5.26 Å². The molecule has 0 N–H and O–H groups in total. The van der Waals surface area contributed by atoms with Crippen LogP contribution in [-0.4, -0.2) is 13.7 Å². The molecule has 0 atom stereocenters. The number of aromatic nitrogens is 3. The first-order valence-electron chi connectivity index (χ1n) is 17.9. The van der Waals surface area contributed by atoms with Gasteiger partial charge in [-0.2, -0.15) is 5.26 Å². The van der Waals surface area contributed by atoms with E-state index in [-0.39, 0.29) is 0 Å². The Morgan fingerprint density at radius 3 is 1.28 bits per heavy atom. The molecule has 0 saturated carbocycles. The van der Waals surface area contributed by atoms with Gasteiger partial charge in [-0.25, -0.2) is 0 Å². The SMILES string of the molecule is N#Cc1ccc(-c2ccccc2-n2c3ccccc3c3cc(-n4c5ccccc5c5ccccc54)ccc32)c(-n2c3ccccc3c3ccccc32)c1. The number of rotatable bonds is 4. The lowest BCUT2D eigenvalue weighted by molar-refractivity contribution is 1.15. The number of nitrogens with zero attached hydrogens (tertiary/aromatic N) is 4. The largest absolute Gasteiger partial charge is 0.309 e. The summed E-state index contributed by atoms with van der Waals surface area (Å²) in [6.07, 6.45) is 0. The summed E-state index contributed by atoms with van der Waals surface area (Å²) in [5.74, 6) is 0. The molecule has 8 aromatic carbocycles. The summed E-state index contributed by atoms with van der Waals surface area (Å²) >= 11 is 0. The van der Waals surface area contributed by atoms with Gasteiger partial charge in [0.15, 0.2) is 0 Å². The fourth-order valence-electron chi connectivity index (χ4n) is 8.65. The van der Waals surface area contributed by atoms with Crippen LogP contribution in [0.25, 0.3) is 93.6 Å². The molecule has 0 unspecified atom stereocenters. The van der Waals surface area contributed by atoms with Gasteiger partial charge in [-0.3, -0.25) is 0 Å². The number of para-hydroxylation sites is 6. The van der Waals surface area contributed by atoms with E-state index in [1.165, 1.54) is 43.4 Å². The predicted molar refractivity (Wildman–Crippen MR) is 220 cm³/mol. The molecule has 246 valence electrons. The van der Waals surface area contributed by atoms with Crippen molar-refractivity contribution in [2.45, 2.75) is 0 Å². The summed E-state index contributed by atoms with van der Waals surface area (Å²) < 4.78 is 7.12. The molecule has 11 aromatic rings. The van der Waals surface area contributed by atoms with Crippen molar-refractivity contribution >= 4 is 65.4 Å². The minimum atomic E-state index is 0.623. The standard InChI is InChI=1S/C49H30N4/c50-31-32-25-27-40(49(29-32)53-45-22-10-3-15-36(45)37-16-4-11-23-46(37)53)38-17-5-9-21-44(38)52-47-24-12-6-18-39(47)41-30-33(26-28-48(41)52)51-42-19-7-1-13-34(42)35-14-2-8-20-43(35)51/h1-30H. The molecule has 0 aliphatic carbocycles. The van der Waals surface area contributed by atoms with Crippen LogP contribution in [0.2, 0.25) is 0 Å². The van der Waals surface area contributed by atoms with Crippen LogP contribution < -0.4 is 0 Å². The summed E-state index contributed by atoms with van der Waals surface area (Å²) in [5, 5.41) is 17.4. The average molecular weight is 675 g/mol.